The van der Waals surface area contributed by atoms with E-state index in [1.807, 2.05) is 42.5 Å². The Morgan fingerprint density at radius 3 is 2.00 bits per heavy atom. The molecule has 11 rings (SSSR count). The Hall–Kier alpha value is -6.34. The van der Waals surface area contributed by atoms with E-state index in [0.717, 1.165) is 37.9 Å². The van der Waals surface area contributed by atoms with Crippen LogP contribution in [0.3, 0.4) is 0 Å². The zero-order chi connectivity index (χ0) is 37.0. The van der Waals surface area contributed by atoms with E-state index in [1.165, 1.54) is 46.5 Å². The Kier molecular flexibility index (Phi) is 5.89. The van der Waals surface area contributed by atoms with Gasteiger partial charge in [-0.3, -0.25) is 0 Å². The smallest absolute Gasteiger partial charge is 0.141 e. The Bertz CT molecular complexity index is 2980. The lowest BCUT2D eigenvalue weighted by atomic mass is 9.65. The third-order valence-electron chi connectivity index (χ3n) is 12.5. The van der Waals surface area contributed by atoms with Crippen LogP contribution in [0.4, 0.5) is 0 Å². The quantitative estimate of drug-likeness (QED) is 0.0997. The Labute approximate surface area is 310 Å². The number of aromatic hydroxyl groups is 3. The van der Waals surface area contributed by atoms with Gasteiger partial charge in [-0.15, -0.1) is 0 Å². The number of aliphatic hydroxyl groups excluding tert-OH is 1. The molecule has 7 aromatic rings. The summed E-state index contributed by atoms with van der Waals surface area (Å²) < 4.78 is 0. The number of aliphatic hydroxyl groups is 3. The molecule has 6 nitrogen and oxygen atoms in total. The molecule has 7 aromatic carbocycles. The summed E-state index contributed by atoms with van der Waals surface area (Å²) in [7, 11) is 0. The van der Waals surface area contributed by atoms with E-state index in [0.29, 0.717) is 39.0 Å². The number of hydrogen-bond acceptors (Lipinski definition) is 6. The minimum absolute atomic E-state index is 0.00104. The molecule has 6 N–H and O–H groups in total. The summed E-state index contributed by atoms with van der Waals surface area (Å²) in [6.07, 6.45) is 10.4. The van der Waals surface area contributed by atoms with E-state index in [2.05, 4.69) is 43.4 Å². The Morgan fingerprint density at radius 2 is 1.26 bits per heavy atom. The Morgan fingerprint density at radius 1 is 0.611 bits per heavy atom. The highest BCUT2D eigenvalue weighted by Gasteiger charge is 2.49. The van der Waals surface area contributed by atoms with Gasteiger partial charge in [-0.25, -0.2) is 0 Å². The van der Waals surface area contributed by atoms with Gasteiger partial charge in [0.05, 0.1) is 0 Å². The number of phenolic OH excluding ortho intramolecular Hbond substituents is 3. The summed E-state index contributed by atoms with van der Waals surface area (Å²) in [5, 5.41) is 74.8. The molecule has 4 aliphatic rings. The number of benzene rings is 7. The van der Waals surface area contributed by atoms with Gasteiger partial charge in [-0.2, -0.15) is 0 Å². The standard InChI is InChI=1S/C48H34O6/c1-23-15-24-3-5-28-19-39(51)45(33-11-7-25(16-23)41(24)43(28)33)46-34-12-8-27-18-30(17-26-4-6-29(20-40(46)52)44(34)42(26)27)48(54)36-14-10-31(49)21-37(36)47(2,53)35-13-9-32(50)22-38(35)48/h3-22,28,43,49-54H,1-2H3. The van der Waals surface area contributed by atoms with Gasteiger partial charge < -0.3 is 30.6 Å². The molecule has 0 amide bonds. The molecule has 4 atom stereocenters. The number of allylic oxidation sites excluding steroid dienone is 5. The highest BCUT2D eigenvalue weighted by atomic mass is 16.3. The minimum atomic E-state index is -1.80. The molecule has 0 heterocycles. The second kappa shape index (κ2) is 10.2. The monoisotopic (exact) mass is 706 g/mol. The molecular formula is C48H34O6. The van der Waals surface area contributed by atoms with Crippen molar-refractivity contribution in [3.8, 4) is 17.2 Å². The van der Waals surface area contributed by atoms with Crippen molar-refractivity contribution in [2.24, 2.45) is 5.92 Å². The molecule has 0 saturated carbocycles. The average molecular weight is 707 g/mol. The predicted octanol–water partition coefficient (Wildman–Crippen LogP) is 9.53. The zero-order valence-electron chi connectivity index (χ0n) is 29.4. The molecule has 0 spiro atoms. The molecule has 0 aromatic heterocycles. The van der Waals surface area contributed by atoms with Crippen LogP contribution >= 0.6 is 0 Å². The van der Waals surface area contributed by atoms with Crippen LogP contribution in [0.2, 0.25) is 0 Å². The summed E-state index contributed by atoms with van der Waals surface area (Å²) in [5.74, 6) is 0.108. The van der Waals surface area contributed by atoms with E-state index in [1.54, 1.807) is 25.1 Å². The second-order valence-corrected chi connectivity index (χ2v) is 15.6. The first-order valence-electron chi connectivity index (χ1n) is 18.2. The van der Waals surface area contributed by atoms with Crippen LogP contribution in [0.1, 0.15) is 68.5 Å². The van der Waals surface area contributed by atoms with Crippen LogP contribution in [-0.2, 0) is 11.2 Å². The number of rotatable bonds is 2. The van der Waals surface area contributed by atoms with Crippen LogP contribution in [0.25, 0.3) is 50.0 Å². The van der Waals surface area contributed by atoms with E-state index in [4.69, 9.17) is 0 Å². The third-order valence-corrected chi connectivity index (χ3v) is 12.5. The summed E-state index contributed by atoms with van der Waals surface area (Å²) in [4.78, 5) is 0. The third kappa shape index (κ3) is 3.86. The average Bonchev–Trinajstić information content (AvgIpc) is 3.15. The predicted molar refractivity (Wildman–Crippen MR) is 212 cm³/mol. The first-order chi connectivity index (χ1) is 25.9. The van der Waals surface area contributed by atoms with Gasteiger partial charge in [0.1, 0.15) is 34.2 Å². The topological polar surface area (TPSA) is 121 Å². The Balaban J connectivity index is 1.16. The maximum atomic E-state index is 13.0. The molecule has 6 heteroatoms. The van der Waals surface area contributed by atoms with Crippen molar-refractivity contribution in [1.82, 2.24) is 0 Å². The largest absolute Gasteiger partial charge is 0.508 e. The summed E-state index contributed by atoms with van der Waals surface area (Å²) in [5.41, 5.74) is 5.64. The molecule has 54 heavy (non-hydrogen) atoms. The lowest BCUT2D eigenvalue weighted by molar-refractivity contribution is 0.0612. The lowest BCUT2D eigenvalue weighted by Crippen LogP contribution is -2.42. The number of hydrogen-bond donors (Lipinski definition) is 6. The van der Waals surface area contributed by atoms with Gasteiger partial charge in [-0.1, -0.05) is 72.8 Å². The second-order valence-electron chi connectivity index (χ2n) is 15.6. The number of fused-ring (bicyclic) bond motifs is 2. The maximum Gasteiger partial charge on any atom is 0.141 e. The SMILES string of the molecule is Cc1cc2c3c(c1)C=CC1C=C(O)C(c4c(O)cc5ccc6cc(C7(O)c8ccc(O)cc8C(C)(O)c8ccc(O)cc87)cc7ccc4c5c67)=C(C=C2)C31. The van der Waals surface area contributed by atoms with Gasteiger partial charge >= 0.3 is 0 Å². The summed E-state index contributed by atoms with van der Waals surface area (Å²) in [6.45, 7) is 3.73. The molecule has 0 saturated heterocycles. The molecule has 262 valence electrons. The van der Waals surface area contributed by atoms with Crippen molar-refractivity contribution in [2.75, 3.05) is 0 Å². The van der Waals surface area contributed by atoms with Gasteiger partial charge in [-0.05, 0) is 145 Å². The molecule has 4 unspecified atom stereocenters. The summed E-state index contributed by atoms with van der Waals surface area (Å²) in [6, 6.07) is 27.1. The van der Waals surface area contributed by atoms with Gasteiger partial charge in [0.15, 0.2) is 0 Å². The van der Waals surface area contributed by atoms with E-state index < -0.39 is 11.2 Å². The van der Waals surface area contributed by atoms with Crippen molar-refractivity contribution < 1.29 is 30.6 Å². The van der Waals surface area contributed by atoms with Crippen LogP contribution in [0.5, 0.6) is 17.2 Å². The molecule has 0 aliphatic heterocycles. The van der Waals surface area contributed by atoms with Crippen molar-refractivity contribution in [2.45, 2.75) is 31.0 Å². The van der Waals surface area contributed by atoms with E-state index >= 15 is 0 Å². The number of phenols is 3. The molecule has 0 fully saturated rings. The van der Waals surface area contributed by atoms with Crippen molar-refractivity contribution in [3.63, 3.8) is 0 Å². The van der Waals surface area contributed by atoms with Crippen LogP contribution in [0.15, 0.2) is 121 Å². The normalized spacial score (nSPS) is 23.5. The first kappa shape index (κ1) is 31.2. The van der Waals surface area contributed by atoms with Crippen LogP contribution in [0, 0.1) is 12.8 Å². The maximum absolute atomic E-state index is 13.0. The first-order valence-corrected chi connectivity index (χ1v) is 18.2. The number of aryl methyl sites for hydroxylation is 1. The molecule has 0 radical (unpaired) electrons. The molecule has 4 aliphatic carbocycles. The van der Waals surface area contributed by atoms with Gasteiger partial charge in [0.25, 0.3) is 0 Å². The van der Waals surface area contributed by atoms with Gasteiger partial charge in [0.2, 0.25) is 0 Å². The fourth-order valence-corrected chi connectivity index (χ4v) is 10.2. The minimum Gasteiger partial charge on any atom is -0.508 e. The lowest BCUT2D eigenvalue weighted by Gasteiger charge is -2.43. The van der Waals surface area contributed by atoms with Crippen molar-refractivity contribution in [1.29, 1.82) is 0 Å². The zero-order valence-corrected chi connectivity index (χ0v) is 29.4. The van der Waals surface area contributed by atoms with Crippen LogP contribution in [-0.4, -0.2) is 30.6 Å². The highest BCUT2D eigenvalue weighted by molar-refractivity contribution is 6.26. The van der Waals surface area contributed by atoms with Crippen molar-refractivity contribution in [3.05, 3.63) is 176 Å². The van der Waals surface area contributed by atoms with E-state index in [-0.39, 0.29) is 34.8 Å². The highest BCUT2D eigenvalue weighted by Crippen LogP contribution is 2.56. The molecular weight excluding hydrogens is 673 g/mol. The summed E-state index contributed by atoms with van der Waals surface area (Å²) >= 11 is 0. The van der Waals surface area contributed by atoms with Gasteiger partial charge in [0, 0.05) is 28.5 Å². The molecule has 0 bridgehead atoms. The fourth-order valence-electron chi connectivity index (χ4n) is 10.2. The fraction of sp³-hybridized carbons (Fsp3) is 0.125. The van der Waals surface area contributed by atoms with Crippen LogP contribution < -0.4 is 0 Å². The van der Waals surface area contributed by atoms with Crippen molar-refractivity contribution >= 4 is 50.0 Å². The van der Waals surface area contributed by atoms with E-state index in [9.17, 15) is 30.6 Å².